The van der Waals surface area contributed by atoms with Crippen molar-refractivity contribution in [2.24, 2.45) is 5.84 Å². The number of nitrogens with zero attached hydrogens (tertiary/aromatic N) is 3. The first kappa shape index (κ1) is 25.5. The second-order valence-electron chi connectivity index (χ2n) is 7.34. The zero-order chi connectivity index (χ0) is 26.4. The highest BCUT2D eigenvalue weighted by Gasteiger charge is 2.22. The Morgan fingerprint density at radius 2 is 1.72 bits per heavy atom. The lowest BCUT2D eigenvalue weighted by atomic mass is 10.1. The molecule has 0 fully saturated rings. The van der Waals surface area contributed by atoms with E-state index in [0.29, 0.717) is 5.69 Å². The van der Waals surface area contributed by atoms with Crippen molar-refractivity contribution in [3.05, 3.63) is 51.6 Å². The monoisotopic (exact) mass is 499 g/mol. The predicted molar refractivity (Wildman–Crippen MR) is 124 cm³/mol. The average molecular weight is 499 g/mol. The third kappa shape index (κ3) is 6.06. The van der Waals surface area contributed by atoms with Gasteiger partial charge in [-0.3, -0.25) is 29.6 Å². The van der Waals surface area contributed by atoms with E-state index in [9.17, 15) is 29.1 Å². The standard InChI is InChI=1S/C20H21N9O7/c21-20-27-15-14(17(33)28-20)24-11(13(26-15)18(34)29-22)7-23-9-3-1-8(2-4-9)16(32)25-10(19(35)36)5-6-12(30)31/h1-4,10,23H,5-7,22H2,(H,25,32)(H,29,34)(H,30,31)(H,35,36)(H3,21,26,27,28,33). The summed E-state index contributed by atoms with van der Waals surface area (Å²) in [7, 11) is 0. The van der Waals surface area contributed by atoms with Crippen LogP contribution in [-0.4, -0.2) is 59.9 Å². The summed E-state index contributed by atoms with van der Waals surface area (Å²) in [5.74, 6) is 1.00. The van der Waals surface area contributed by atoms with Crippen LogP contribution in [0.5, 0.6) is 0 Å². The highest BCUT2D eigenvalue weighted by Crippen LogP contribution is 2.14. The van der Waals surface area contributed by atoms with Crippen LogP contribution in [0.3, 0.4) is 0 Å². The van der Waals surface area contributed by atoms with Crippen LogP contribution in [0.15, 0.2) is 29.1 Å². The Balaban J connectivity index is 1.75. The van der Waals surface area contributed by atoms with Gasteiger partial charge in [0.05, 0.1) is 12.2 Å². The van der Waals surface area contributed by atoms with Crippen molar-refractivity contribution in [3.63, 3.8) is 0 Å². The molecule has 0 saturated heterocycles. The second-order valence-corrected chi connectivity index (χ2v) is 7.34. The van der Waals surface area contributed by atoms with Crippen LogP contribution in [0.2, 0.25) is 0 Å². The lowest BCUT2D eigenvalue weighted by Gasteiger charge is -2.14. The number of nitrogens with one attached hydrogen (secondary N) is 4. The maximum atomic E-state index is 12.4. The van der Waals surface area contributed by atoms with Crippen molar-refractivity contribution in [1.82, 2.24) is 30.7 Å². The molecule has 0 aliphatic rings. The molecule has 36 heavy (non-hydrogen) atoms. The Morgan fingerprint density at radius 1 is 1.03 bits per heavy atom. The molecule has 0 aliphatic carbocycles. The van der Waals surface area contributed by atoms with Gasteiger partial charge in [0.15, 0.2) is 16.9 Å². The fraction of sp³-hybridized carbons (Fsp3) is 0.200. The number of aromatic amines is 1. The maximum Gasteiger partial charge on any atom is 0.326 e. The first-order chi connectivity index (χ1) is 17.1. The summed E-state index contributed by atoms with van der Waals surface area (Å²) in [6.45, 7) is -0.0721. The SMILES string of the molecule is NNC(=O)c1nc2nc(N)[nH]c(=O)c2nc1CNc1ccc(C(=O)NC(CCC(=O)O)C(=O)O)cc1. The van der Waals surface area contributed by atoms with E-state index in [1.165, 1.54) is 24.3 Å². The van der Waals surface area contributed by atoms with Crippen LogP contribution in [0, 0.1) is 0 Å². The molecule has 2 amide bonds. The number of anilines is 2. The number of nitrogens with two attached hydrogens (primary N) is 2. The van der Waals surface area contributed by atoms with Gasteiger partial charge < -0.3 is 26.6 Å². The molecule has 0 bridgehead atoms. The number of aromatic nitrogens is 4. The Bertz CT molecular complexity index is 1390. The van der Waals surface area contributed by atoms with Crippen LogP contribution in [0.1, 0.15) is 39.4 Å². The first-order valence-electron chi connectivity index (χ1n) is 10.3. The minimum atomic E-state index is -1.36. The maximum absolute atomic E-state index is 12.4. The smallest absolute Gasteiger partial charge is 0.326 e. The molecule has 16 heteroatoms. The van der Waals surface area contributed by atoms with Gasteiger partial charge in [-0.1, -0.05) is 0 Å². The van der Waals surface area contributed by atoms with Gasteiger partial charge in [0.1, 0.15) is 6.04 Å². The molecule has 1 aromatic carbocycles. The van der Waals surface area contributed by atoms with E-state index in [2.05, 4.69) is 30.6 Å². The molecule has 1 atom stereocenters. The number of carboxylic acids is 2. The van der Waals surface area contributed by atoms with E-state index in [1.807, 2.05) is 5.43 Å². The molecule has 1 unspecified atom stereocenters. The molecular formula is C20H21N9O7. The highest BCUT2D eigenvalue weighted by atomic mass is 16.4. The Hall–Kier alpha value is -5.12. The number of hydrogen-bond donors (Lipinski definition) is 8. The molecule has 0 aliphatic heterocycles. The number of amides is 2. The number of nitrogen functional groups attached to an aromatic ring is 2. The van der Waals surface area contributed by atoms with Gasteiger partial charge in [-0.05, 0) is 30.7 Å². The average Bonchev–Trinajstić information content (AvgIpc) is 2.84. The molecule has 16 nitrogen and oxygen atoms in total. The van der Waals surface area contributed by atoms with Gasteiger partial charge in [0.25, 0.3) is 17.4 Å². The first-order valence-corrected chi connectivity index (χ1v) is 10.3. The van der Waals surface area contributed by atoms with Crippen molar-refractivity contribution in [2.75, 3.05) is 11.1 Å². The van der Waals surface area contributed by atoms with Gasteiger partial charge in [0, 0.05) is 17.7 Å². The van der Waals surface area contributed by atoms with Crippen molar-refractivity contribution in [1.29, 1.82) is 0 Å². The summed E-state index contributed by atoms with van der Waals surface area (Å²) in [4.78, 5) is 73.0. The number of aliphatic carboxylic acids is 2. The molecule has 10 N–H and O–H groups in total. The number of rotatable bonds is 10. The van der Waals surface area contributed by atoms with E-state index in [0.717, 1.165) is 0 Å². The van der Waals surface area contributed by atoms with Crippen LogP contribution in [0.25, 0.3) is 11.2 Å². The number of carbonyl (C=O) groups is 4. The van der Waals surface area contributed by atoms with Crippen molar-refractivity contribution >= 4 is 46.6 Å². The molecule has 2 aromatic heterocycles. The molecule has 0 saturated carbocycles. The normalized spacial score (nSPS) is 11.5. The highest BCUT2D eigenvalue weighted by molar-refractivity contribution is 5.97. The number of H-pyrrole nitrogens is 1. The van der Waals surface area contributed by atoms with Gasteiger partial charge in [-0.15, -0.1) is 0 Å². The van der Waals surface area contributed by atoms with Crippen LogP contribution in [0.4, 0.5) is 11.6 Å². The van der Waals surface area contributed by atoms with Crippen molar-refractivity contribution < 1.29 is 29.4 Å². The zero-order valence-corrected chi connectivity index (χ0v) is 18.4. The van der Waals surface area contributed by atoms with Gasteiger partial charge in [-0.25, -0.2) is 20.6 Å². The molecule has 188 valence electrons. The quantitative estimate of drug-likeness (QED) is 0.0902. The summed E-state index contributed by atoms with van der Waals surface area (Å²) in [6.07, 6.45) is -0.691. The van der Waals surface area contributed by atoms with E-state index in [4.69, 9.17) is 16.7 Å². The number of benzene rings is 1. The summed E-state index contributed by atoms with van der Waals surface area (Å²) < 4.78 is 0. The van der Waals surface area contributed by atoms with Gasteiger partial charge in [0.2, 0.25) is 5.95 Å². The lowest BCUT2D eigenvalue weighted by molar-refractivity contribution is -0.140. The zero-order valence-electron chi connectivity index (χ0n) is 18.4. The molecule has 0 spiro atoms. The Kier molecular flexibility index (Phi) is 7.70. The number of carbonyl (C=O) groups excluding carboxylic acids is 2. The number of fused-ring (bicyclic) bond motifs is 1. The number of hydrazine groups is 1. The van der Waals surface area contributed by atoms with E-state index in [-0.39, 0.29) is 47.0 Å². The molecule has 2 heterocycles. The Labute approximate surface area is 201 Å². The molecule has 0 radical (unpaired) electrons. The molecular weight excluding hydrogens is 478 g/mol. The fourth-order valence-corrected chi connectivity index (χ4v) is 3.07. The second kappa shape index (κ2) is 10.9. The minimum Gasteiger partial charge on any atom is -0.481 e. The largest absolute Gasteiger partial charge is 0.481 e. The van der Waals surface area contributed by atoms with E-state index >= 15 is 0 Å². The molecule has 3 rings (SSSR count). The van der Waals surface area contributed by atoms with Crippen LogP contribution < -0.4 is 33.2 Å². The van der Waals surface area contributed by atoms with Crippen LogP contribution in [-0.2, 0) is 16.1 Å². The van der Waals surface area contributed by atoms with E-state index < -0.39 is 41.8 Å². The van der Waals surface area contributed by atoms with Gasteiger partial charge in [-0.2, -0.15) is 4.98 Å². The minimum absolute atomic E-state index is 0.0721. The van der Waals surface area contributed by atoms with Crippen molar-refractivity contribution in [3.8, 4) is 0 Å². The summed E-state index contributed by atoms with van der Waals surface area (Å²) in [5, 5.41) is 23.1. The third-order valence-corrected chi connectivity index (χ3v) is 4.84. The summed E-state index contributed by atoms with van der Waals surface area (Å²) in [6, 6.07) is 4.47. The lowest BCUT2D eigenvalue weighted by Crippen LogP contribution is -2.41. The van der Waals surface area contributed by atoms with Crippen LogP contribution >= 0.6 is 0 Å². The Morgan fingerprint density at radius 3 is 2.33 bits per heavy atom. The molecule has 3 aromatic rings. The van der Waals surface area contributed by atoms with Crippen molar-refractivity contribution in [2.45, 2.75) is 25.4 Å². The third-order valence-electron chi connectivity index (χ3n) is 4.84. The summed E-state index contributed by atoms with van der Waals surface area (Å²) in [5.41, 5.74) is 7.01. The fourth-order valence-electron chi connectivity index (χ4n) is 3.07. The number of hydrogen-bond acceptors (Lipinski definition) is 11. The number of carboxylic acid groups (broad SMARTS) is 2. The predicted octanol–water partition coefficient (Wildman–Crippen LogP) is -1.44. The van der Waals surface area contributed by atoms with Gasteiger partial charge >= 0.3 is 11.9 Å². The summed E-state index contributed by atoms with van der Waals surface area (Å²) >= 11 is 0. The van der Waals surface area contributed by atoms with E-state index in [1.54, 1.807) is 0 Å². The topological polar surface area (TPSA) is 268 Å².